The van der Waals surface area contributed by atoms with E-state index in [-0.39, 0.29) is 11.6 Å². The summed E-state index contributed by atoms with van der Waals surface area (Å²) in [6.45, 7) is 1.97. The van der Waals surface area contributed by atoms with Crippen LogP contribution in [-0.2, 0) is 7.05 Å². The number of aryl methyl sites for hydroxylation is 1. The van der Waals surface area contributed by atoms with Gasteiger partial charge in [-0.05, 0) is 25.1 Å². The van der Waals surface area contributed by atoms with E-state index in [9.17, 15) is 4.79 Å². The quantitative estimate of drug-likeness (QED) is 0.561. The third kappa shape index (κ3) is 3.27. The van der Waals surface area contributed by atoms with Crippen LogP contribution in [-0.4, -0.2) is 44.5 Å². The molecule has 0 bridgehead atoms. The molecular weight excluding hydrogens is 372 g/mol. The van der Waals surface area contributed by atoms with Gasteiger partial charge in [-0.15, -0.1) is 0 Å². The molecule has 0 radical (unpaired) electrons. The Morgan fingerprint density at radius 2 is 1.97 bits per heavy atom. The highest BCUT2D eigenvalue weighted by atomic mass is 16.5. The molecule has 0 fully saturated rings. The molecule has 1 N–H and O–H groups in total. The number of aromatic nitrogens is 5. The Labute approximate surface area is 166 Å². The molecular formula is C20H20N6O3. The molecule has 4 aromatic rings. The minimum Gasteiger partial charge on any atom is -0.497 e. The van der Waals surface area contributed by atoms with Crippen LogP contribution in [0.3, 0.4) is 0 Å². The van der Waals surface area contributed by atoms with Crippen molar-refractivity contribution in [3.8, 4) is 22.8 Å². The summed E-state index contributed by atoms with van der Waals surface area (Å²) in [7, 11) is 4.97. The molecule has 0 spiro atoms. The van der Waals surface area contributed by atoms with Crippen molar-refractivity contribution in [3.05, 3.63) is 54.1 Å². The summed E-state index contributed by atoms with van der Waals surface area (Å²) in [5.74, 6) is 0.746. The predicted octanol–water partition coefficient (Wildman–Crippen LogP) is 2.71. The van der Waals surface area contributed by atoms with E-state index in [4.69, 9.17) is 9.47 Å². The molecule has 1 amide bonds. The van der Waals surface area contributed by atoms with E-state index in [0.29, 0.717) is 22.8 Å². The fourth-order valence-electron chi connectivity index (χ4n) is 3.06. The number of fused-ring (bicyclic) bond motifs is 1. The topological polar surface area (TPSA) is 95.6 Å². The Morgan fingerprint density at radius 1 is 1.14 bits per heavy atom. The number of amides is 1. The van der Waals surface area contributed by atoms with Crippen LogP contribution in [0.5, 0.6) is 11.5 Å². The molecule has 9 heteroatoms. The van der Waals surface area contributed by atoms with Gasteiger partial charge in [-0.25, -0.2) is 9.50 Å². The molecule has 3 heterocycles. The van der Waals surface area contributed by atoms with Crippen molar-refractivity contribution in [3.63, 3.8) is 0 Å². The molecule has 9 nitrogen and oxygen atoms in total. The van der Waals surface area contributed by atoms with Crippen molar-refractivity contribution in [2.75, 3.05) is 19.5 Å². The number of benzene rings is 1. The maximum atomic E-state index is 12.8. The van der Waals surface area contributed by atoms with E-state index < -0.39 is 0 Å². The molecule has 4 rings (SSSR count). The van der Waals surface area contributed by atoms with E-state index in [1.165, 1.54) is 7.11 Å². The summed E-state index contributed by atoms with van der Waals surface area (Å²) in [4.78, 5) is 17.2. The zero-order valence-corrected chi connectivity index (χ0v) is 16.5. The lowest BCUT2D eigenvalue weighted by Crippen LogP contribution is -2.13. The van der Waals surface area contributed by atoms with Crippen molar-refractivity contribution in [2.24, 2.45) is 7.05 Å². The highest BCUT2D eigenvalue weighted by Crippen LogP contribution is 2.29. The maximum Gasteiger partial charge on any atom is 0.276 e. The standard InChI is InChI=1S/C20H20N6O3/c1-12-14(11-22-25(12)2)17-7-8-21-19-10-16(24-26(17)19)20(27)23-15-9-13(28-3)5-6-18(15)29-4/h5-11H,1-4H3,(H,23,27). The Bertz CT molecular complexity index is 1210. The molecule has 1 aromatic carbocycles. The van der Waals surface area contributed by atoms with E-state index in [2.05, 4.69) is 20.5 Å². The minimum atomic E-state index is -0.379. The molecule has 0 atom stereocenters. The molecule has 0 aliphatic rings. The Kier molecular flexibility index (Phi) is 4.63. The maximum absolute atomic E-state index is 12.8. The van der Waals surface area contributed by atoms with Gasteiger partial charge in [0.2, 0.25) is 0 Å². The first-order valence-electron chi connectivity index (χ1n) is 8.89. The Morgan fingerprint density at radius 3 is 2.66 bits per heavy atom. The van der Waals surface area contributed by atoms with Crippen LogP contribution in [0.25, 0.3) is 16.9 Å². The fraction of sp³-hybridized carbons (Fsp3) is 0.200. The van der Waals surface area contributed by atoms with Gasteiger partial charge in [-0.1, -0.05) is 0 Å². The number of carbonyl (C=O) groups is 1. The number of nitrogens with one attached hydrogen (secondary N) is 1. The molecule has 29 heavy (non-hydrogen) atoms. The number of anilines is 1. The van der Waals surface area contributed by atoms with Gasteiger partial charge >= 0.3 is 0 Å². The minimum absolute atomic E-state index is 0.233. The van der Waals surface area contributed by atoms with Crippen LogP contribution in [0.1, 0.15) is 16.2 Å². The molecule has 0 saturated carbocycles. The summed E-state index contributed by atoms with van der Waals surface area (Å²) in [5.41, 5.74) is 4.00. The number of carbonyl (C=O) groups excluding carboxylic acids is 1. The van der Waals surface area contributed by atoms with Gasteiger partial charge in [0.1, 0.15) is 11.5 Å². The largest absolute Gasteiger partial charge is 0.497 e. The van der Waals surface area contributed by atoms with Gasteiger partial charge in [0.15, 0.2) is 11.3 Å². The number of hydrogen-bond donors (Lipinski definition) is 1. The van der Waals surface area contributed by atoms with E-state index in [1.807, 2.05) is 20.0 Å². The highest BCUT2D eigenvalue weighted by Gasteiger charge is 2.18. The molecule has 0 aliphatic heterocycles. The molecule has 3 aromatic heterocycles. The van der Waals surface area contributed by atoms with Gasteiger partial charge in [-0.2, -0.15) is 10.2 Å². The van der Waals surface area contributed by atoms with Gasteiger partial charge in [0.05, 0.1) is 31.8 Å². The first-order valence-corrected chi connectivity index (χ1v) is 8.89. The lowest BCUT2D eigenvalue weighted by molar-refractivity contribution is 0.102. The van der Waals surface area contributed by atoms with Gasteiger partial charge in [0, 0.05) is 36.6 Å². The first-order chi connectivity index (χ1) is 14.0. The lowest BCUT2D eigenvalue weighted by Gasteiger charge is -2.10. The Balaban J connectivity index is 1.71. The third-order valence-corrected chi connectivity index (χ3v) is 4.76. The molecule has 0 aliphatic carbocycles. The number of nitrogens with zero attached hydrogens (tertiary/aromatic N) is 5. The average Bonchev–Trinajstić information content (AvgIpc) is 3.31. The zero-order valence-electron chi connectivity index (χ0n) is 16.5. The summed E-state index contributed by atoms with van der Waals surface area (Å²) in [6.07, 6.45) is 3.46. The van der Waals surface area contributed by atoms with E-state index in [0.717, 1.165) is 17.0 Å². The lowest BCUT2D eigenvalue weighted by atomic mass is 10.2. The van der Waals surface area contributed by atoms with Crippen molar-refractivity contribution >= 4 is 17.2 Å². The summed E-state index contributed by atoms with van der Waals surface area (Å²) < 4.78 is 14.0. The van der Waals surface area contributed by atoms with Crippen molar-refractivity contribution in [2.45, 2.75) is 6.92 Å². The first kappa shape index (κ1) is 18.5. The second kappa shape index (κ2) is 7.27. The normalized spacial score (nSPS) is 10.9. The molecule has 148 valence electrons. The number of hydrogen-bond acceptors (Lipinski definition) is 6. The number of methoxy groups -OCH3 is 2. The molecule has 0 saturated heterocycles. The van der Waals surface area contributed by atoms with Crippen LogP contribution < -0.4 is 14.8 Å². The smallest absolute Gasteiger partial charge is 0.276 e. The van der Waals surface area contributed by atoms with E-state index in [1.54, 1.807) is 53.0 Å². The summed E-state index contributed by atoms with van der Waals surface area (Å²) in [6, 6.07) is 8.65. The van der Waals surface area contributed by atoms with Crippen LogP contribution in [0.4, 0.5) is 5.69 Å². The number of rotatable bonds is 5. The van der Waals surface area contributed by atoms with Crippen LogP contribution in [0, 0.1) is 6.92 Å². The molecule has 0 unspecified atom stereocenters. The second-order valence-electron chi connectivity index (χ2n) is 6.42. The van der Waals surface area contributed by atoms with E-state index >= 15 is 0 Å². The van der Waals surface area contributed by atoms with Crippen molar-refractivity contribution in [1.82, 2.24) is 24.4 Å². The summed E-state index contributed by atoms with van der Waals surface area (Å²) in [5, 5.41) is 11.6. The monoisotopic (exact) mass is 392 g/mol. The van der Waals surface area contributed by atoms with Gasteiger partial charge in [0.25, 0.3) is 5.91 Å². The van der Waals surface area contributed by atoms with Gasteiger partial charge in [-0.3, -0.25) is 9.48 Å². The van der Waals surface area contributed by atoms with Crippen molar-refractivity contribution in [1.29, 1.82) is 0 Å². The Hall–Kier alpha value is -3.88. The van der Waals surface area contributed by atoms with Crippen LogP contribution in [0.2, 0.25) is 0 Å². The predicted molar refractivity (Wildman–Crippen MR) is 107 cm³/mol. The third-order valence-electron chi connectivity index (χ3n) is 4.76. The number of ether oxygens (including phenoxy) is 2. The SMILES string of the molecule is COc1ccc(OC)c(NC(=O)c2cc3nccc(-c4cnn(C)c4C)n3n2)c1. The average molecular weight is 392 g/mol. The van der Waals surface area contributed by atoms with Crippen LogP contribution >= 0.6 is 0 Å². The van der Waals surface area contributed by atoms with Crippen LogP contribution in [0.15, 0.2) is 42.7 Å². The second-order valence-corrected chi connectivity index (χ2v) is 6.42. The van der Waals surface area contributed by atoms with Crippen molar-refractivity contribution < 1.29 is 14.3 Å². The van der Waals surface area contributed by atoms with Gasteiger partial charge < -0.3 is 14.8 Å². The fourth-order valence-corrected chi connectivity index (χ4v) is 3.06. The summed E-state index contributed by atoms with van der Waals surface area (Å²) >= 11 is 0. The zero-order chi connectivity index (χ0) is 20.5. The highest BCUT2D eigenvalue weighted by molar-refractivity contribution is 6.04.